The zero-order chi connectivity index (χ0) is 16.4. The second-order valence-corrected chi connectivity index (χ2v) is 8.99. The van der Waals surface area contributed by atoms with Gasteiger partial charge in [0.15, 0.2) is 6.29 Å². The van der Waals surface area contributed by atoms with Crippen LogP contribution in [0.4, 0.5) is 0 Å². The first-order valence-electron chi connectivity index (χ1n) is 10.7. The highest BCUT2D eigenvalue weighted by molar-refractivity contribution is 4.95. The van der Waals surface area contributed by atoms with Crippen LogP contribution in [0.5, 0.6) is 0 Å². The van der Waals surface area contributed by atoms with Crippen LogP contribution in [0.3, 0.4) is 0 Å². The minimum absolute atomic E-state index is 0.202. The van der Waals surface area contributed by atoms with E-state index in [0.29, 0.717) is 6.61 Å². The number of hydrogen-bond acceptors (Lipinski definition) is 3. The Bertz CT molecular complexity index is 377. The van der Waals surface area contributed by atoms with Crippen LogP contribution in [0.15, 0.2) is 0 Å². The highest BCUT2D eigenvalue weighted by atomic mass is 16.6. The lowest BCUT2D eigenvalue weighted by atomic mass is 9.55. The quantitative estimate of drug-likeness (QED) is 0.823. The molecule has 0 aromatic rings. The molecule has 24 heavy (non-hydrogen) atoms. The Morgan fingerprint density at radius 2 is 1.46 bits per heavy atom. The smallest absolute Gasteiger partial charge is 0.154 e. The number of fused-ring (bicyclic) bond motifs is 2. The molecule has 0 amide bonds. The van der Waals surface area contributed by atoms with Gasteiger partial charge in [-0.3, -0.25) is 0 Å². The van der Waals surface area contributed by atoms with E-state index in [-0.39, 0.29) is 6.10 Å². The summed E-state index contributed by atoms with van der Waals surface area (Å²) in [6.07, 6.45) is 15.6. The second-order valence-electron chi connectivity index (χ2n) is 8.99. The zero-order valence-electron chi connectivity index (χ0n) is 15.2. The Morgan fingerprint density at radius 3 is 2.17 bits per heavy atom. The minimum Gasteiger partial charge on any atom is -0.376 e. The summed E-state index contributed by atoms with van der Waals surface area (Å²) in [5, 5.41) is 9.65. The van der Waals surface area contributed by atoms with Crippen molar-refractivity contribution in [1.29, 1.82) is 0 Å². The molecule has 1 aliphatic heterocycles. The fourth-order valence-corrected chi connectivity index (χ4v) is 6.42. The molecule has 3 nitrogen and oxygen atoms in total. The average molecular weight is 337 g/mol. The molecule has 0 bridgehead atoms. The maximum absolute atomic E-state index is 9.65. The molecule has 1 heterocycles. The van der Waals surface area contributed by atoms with Crippen LogP contribution < -0.4 is 0 Å². The molecular formula is C21H36O3. The predicted octanol–water partition coefficient (Wildman–Crippen LogP) is 4.52. The van der Waals surface area contributed by atoms with Gasteiger partial charge in [-0.05, 0) is 68.1 Å². The van der Waals surface area contributed by atoms with Crippen LogP contribution in [0, 0.1) is 29.6 Å². The van der Waals surface area contributed by atoms with E-state index in [0.717, 1.165) is 55.5 Å². The molecule has 1 saturated heterocycles. The van der Waals surface area contributed by atoms with Crippen molar-refractivity contribution in [2.24, 2.45) is 29.6 Å². The van der Waals surface area contributed by atoms with Gasteiger partial charge in [-0.25, -0.2) is 0 Å². The number of rotatable bonds is 3. The highest BCUT2D eigenvalue weighted by Gasteiger charge is 2.45. The van der Waals surface area contributed by atoms with Crippen LogP contribution in [0.2, 0.25) is 0 Å². The topological polar surface area (TPSA) is 38.7 Å². The van der Waals surface area contributed by atoms with E-state index in [4.69, 9.17) is 9.47 Å². The Hall–Kier alpha value is -0.120. The molecule has 138 valence electrons. The minimum atomic E-state index is -0.571. The monoisotopic (exact) mass is 336 g/mol. The summed E-state index contributed by atoms with van der Waals surface area (Å²) in [7, 11) is 0. The summed E-state index contributed by atoms with van der Waals surface area (Å²) in [5.74, 6) is 4.62. The lowest BCUT2D eigenvalue weighted by Crippen LogP contribution is -2.45. The summed E-state index contributed by atoms with van der Waals surface area (Å²) in [6, 6.07) is 0. The van der Waals surface area contributed by atoms with Crippen molar-refractivity contribution in [3.05, 3.63) is 0 Å². The summed E-state index contributed by atoms with van der Waals surface area (Å²) in [5.41, 5.74) is 0. The standard InChI is InChI=1S/C21H36O3/c22-21-11-5-8-17(13-24-21)23-14-20-18-9-3-1-6-15(18)12-16-7-2-4-10-19(16)20/h15-22H,1-14H2. The van der Waals surface area contributed by atoms with Gasteiger partial charge in [0.2, 0.25) is 0 Å². The molecule has 6 atom stereocenters. The van der Waals surface area contributed by atoms with E-state index >= 15 is 0 Å². The van der Waals surface area contributed by atoms with Gasteiger partial charge in [0.25, 0.3) is 0 Å². The first-order valence-corrected chi connectivity index (χ1v) is 10.7. The van der Waals surface area contributed by atoms with Gasteiger partial charge in [0.1, 0.15) is 0 Å². The molecule has 0 aromatic heterocycles. The summed E-state index contributed by atoms with van der Waals surface area (Å²) >= 11 is 0. The third-order valence-electron chi connectivity index (χ3n) is 7.62. The fourth-order valence-electron chi connectivity index (χ4n) is 6.42. The van der Waals surface area contributed by atoms with E-state index < -0.39 is 6.29 Å². The number of aliphatic hydroxyl groups is 1. The number of ether oxygens (including phenoxy) is 2. The molecule has 4 aliphatic rings. The molecule has 3 saturated carbocycles. The maximum Gasteiger partial charge on any atom is 0.154 e. The number of aliphatic hydroxyl groups excluding tert-OH is 1. The third kappa shape index (κ3) is 3.83. The van der Waals surface area contributed by atoms with E-state index in [2.05, 4.69) is 0 Å². The first-order chi connectivity index (χ1) is 11.8. The highest BCUT2D eigenvalue weighted by Crippen LogP contribution is 2.53. The van der Waals surface area contributed by atoms with E-state index in [1.807, 2.05) is 0 Å². The summed E-state index contributed by atoms with van der Waals surface area (Å²) in [6.45, 7) is 1.53. The molecule has 3 heteroatoms. The molecule has 4 fully saturated rings. The van der Waals surface area contributed by atoms with Gasteiger partial charge in [-0.2, -0.15) is 0 Å². The van der Waals surface area contributed by atoms with Gasteiger partial charge in [-0.15, -0.1) is 0 Å². The van der Waals surface area contributed by atoms with Crippen molar-refractivity contribution in [2.45, 2.75) is 89.4 Å². The second kappa shape index (κ2) is 8.05. The molecule has 6 unspecified atom stereocenters. The lowest BCUT2D eigenvalue weighted by Gasteiger charge is -2.51. The van der Waals surface area contributed by atoms with Crippen molar-refractivity contribution in [1.82, 2.24) is 0 Å². The summed E-state index contributed by atoms with van der Waals surface area (Å²) in [4.78, 5) is 0. The van der Waals surface area contributed by atoms with Crippen LogP contribution in [-0.4, -0.2) is 30.7 Å². The van der Waals surface area contributed by atoms with E-state index in [1.165, 1.54) is 57.8 Å². The molecule has 0 aromatic carbocycles. The lowest BCUT2D eigenvalue weighted by molar-refractivity contribution is -0.131. The van der Waals surface area contributed by atoms with Gasteiger partial charge >= 0.3 is 0 Å². The van der Waals surface area contributed by atoms with Crippen molar-refractivity contribution >= 4 is 0 Å². The number of hydrogen-bond donors (Lipinski definition) is 1. The van der Waals surface area contributed by atoms with Crippen LogP contribution >= 0.6 is 0 Å². The Kier molecular flexibility index (Phi) is 5.81. The Labute approximate surface area is 147 Å². The van der Waals surface area contributed by atoms with Gasteiger partial charge in [0.05, 0.1) is 19.3 Å². The van der Waals surface area contributed by atoms with Crippen molar-refractivity contribution in [3.8, 4) is 0 Å². The Morgan fingerprint density at radius 1 is 0.792 bits per heavy atom. The normalized spacial score (nSPS) is 46.6. The Balaban J connectivity index is 1.40. The fraction of sp³-hybridized carbons (Fsp3) is 1.00. The molecular weight excluding hydrogens is 300 g/mol. The third-order valence-corrected chi connectivity index (χ3v) is 7.62. The van der Waals surface area contributed by atoms with E-state index in [1.54, 1.807) is 0 Å². The van der Waals surface area contributed by atoms with Crippen LogP contribution in [0.1, 0.15) is 77.0 Å². The largest absolute Gasteiger partial charge is 0.376 e. The predicted molar refractivity (Wildman–Crippen MR) is 94.6 cm³/mol. The van der Waals surface area contributed by atoms with Crippen molar-refractivity contribution in [3.63, 3.8) is 0 Å². The first kappa shape index (κ1) is 17.3. The van der Waals surface area contributed by atoms with Crippen molar-refractivity contribution in [2.75, 3.05) is 13.2 Å². The maximum atomic E-state index is 9.65. The van der Waals surface area contributed by atoms with Crippen LogP contribution in [0.25, 0.3) is 0 Å². The van der Waals surface area contributed by atoms with Gasteiger partial charge in [-0.1, -0.05) is 38.5 Å². The molecule has 4 rings (SSSR count). The summed E-state index contributed by atoms with van der Waals surface area (Å²) < 4.78 is 11.9. The van der Waals surface area contributed by atoms with Crippen LogP contribution in [-0.2, 0) is 9.47 Å². The van der Waals surface area contributed by atoms with E-state index in [9.17, 15) is 5.11 Å². The molecule has 1 N–H and O–H groups in total. The molecule has 0 spiro atoms. The SMILES string of the molecule is OC1CCCC(OCC2C3CCCCC3CC3CCCCC32)CO1. The molecule has 0 radical (unpaired) electrons. The molecule has 3 aliphatic carbocycles. The van der Waals surface area contributed by atoms with Gasteiger partial charge in [0, 0.05) is 0 Å². The van der Waals surface area contributed by atoms with Crippen molar-refractivity contribution < 1.29 is 14.6 Å². The zero-order valence-corrected chi connectivity index (χ0v) is 15.2. The average Bonchev–Trinajstić information content (AvgIpc) is 2.83. The van der Waals surface area contributed by atoms with Gasteiger partial charge < -0.3 is 14.6 Å².